The zero-order valence-electron chi connectivity index (χ0n) is 15.4. The van der Waals surface area contributed by atoms with Crippen molar-refractivity contribution in [3.8, 4) is 17.2 Å². The molecule has 2 aromatic carbocycles. The van der Waals surface area contributed by atoms with Gasteiger partial charge in [-0.25, -0.2) is 0 Å². The van der Waals surface area contributed by atoms with Gasteiger partial charge in [-0.3, -0.25) is 0 Å². The summed E-state index contributed by atoms with van der Waals surface area (Å²) < 4.78 is 11.5. The van der Waals surface area contributed by atoms with Gasteiger partial charge in [0.2, 0.25) is 0 Å². The van der Waals surface area contributed by atoms with Gasteiger partial charge < -0.3 is 15.2 Å². The van der Waals surface area contributed by atoms with E-state index < -0.39 is 0 Å². The molecule has 23 heavy (non-hydrogen) atoms. The number of aryl methyl sites for hydroxylation is 2. The lowest BCUT2D eigenvalue weighted by molar-refractivity contribution is 0.405. The van der Waals surface area contributed by atoms with E-state index in [9.17, 15) is 0 Å². The van der Waals surface area contributed by atoms with Crippen LogP contribution in [-0.4, -0.2) is 7.11 Å². The van der Waals surface area contributed by atoms with Crippen molar-refractivity contribution in [2.45, 2.75) is 47.5 Å². The molecule has 2 rings (SSSR count). The lowest BCUT2D eigenvalue weighted by Crippen LogP contribution is -1.97. The summed E-state index contributed by atoms with van der Waals surface area (Å²) in [6, 6.07) is 9.77. The van der Waals surface area contributed by atoms with Crippen LogP contribution in [-0.2, 0) is 0 Å². The van der Waals surface area contributed by atoms with Crippen molar-refractivity contribution >= 4 is 5.69 Å². The van der Waals surface area contributed by atoms with Gasteiger partial charge >= 0.3 is 0 Å². The van der Waals surface area contributed by atoms with Crippen molar-refractivity contribution in [2.75, 3.05) is 12.8 Å². The average Bonchev–Trinajstić information content (AvgIpc) is 2.52. The highest BCUT2D eigenvalue weighted by molar-refractivity contribution is 5.54. The van der Waals surface area contributed by atoms with Crippen LogP contribution in [0, 0.1) is 13.8 Å². The van der Waals surface area contributed by atoms with Crippen LogP contribution in [0.25, 0.3) is 0 Å². The molecule has 0 aliphatic heterocycles. The minimum Gasteiger partial charge on any atom is -0.496 e. The second-order valence-corrected chi connectivity index (χ2v) is 5.64. The summed E-state index contributed by atoms with van der Waals surface area (Å²) in [6.07, 6.45) is 0. The van der Waals surface area contributed by atoms with E-state index >= 15 is 0 Å². The summed E-state index contributed by atoms with van der Waals surface area (Å²) in [5.74, 6) is 2.94. The predicted octanol–water partition coefficient (Wildman–Crippen LogP) is 5.84. The Hall–Kier alpha value is -2.16. The van der Waals surface area contributed by atoms with Crippen LogP contribution >= 0.6 is 0 Å². The molecule has 0 saturated carbocycles. The molecule has 0 atom stereocenters. The summed E-state index contributed by atoms with van der Waals surface area (Å²) >= 11 is 0. The van der Waals surface area contributed by atoms with E-state index in [2.05, 4.69) is 13.8 Å². The normalized spacial score (nSPS) is 10.1. The predicted molar refractivity (Wildman–Crippen MR) is 98.8 cm³/mol. The van der Waals surface area contributed by atoms with E-state index in [1.165, 1.54) is 0 Å². The van der Waals surface area contributed by atoms with Crippen molar-refractivity contribution in [2.24, 2.45) is 0 Å². The van der Waals surface area contributed by atoms with Gasteiger partial charge in [-0.2, -0.15) is 0 Å². The standard InChI is InChI=1S/C18H23NO2.C2H6/c1-11(2)16-10-15(6-7-17(16)20-5)21-18-12(3)8-14(19)9-13(18)4;1-2/h6-11H,19H2,1-5H3;1-2H3. The maximum absolute atomic E-state index is 6.07. The lowest BCUT2D eigenvalue weighted by atomic mass is 10.0. The molecule has 0 spiro atoms. The maximum Gasteiger partial charge on any atom is 0.133 e. The van der Waals surface area contributed by atoms with Gasteiger partial charge in [0.1, 0.15) is 17.2 Å². The average molecular weight is 315 g/mol. The molecule has 2 aromatic rings. The van der Waals surface area contributed by atoms with Gasteiger partial charge in [0.25, 0.3) is 0 Å². The molecular weight excluding hydrogens is 286 g/mol. The molecule has 0 aliphatic carbocycles. The Morgan fingerprint density at radius 3 is 2.00 bits per heavy atom. The first-order valence-electron chi connectivity index (χ1n) is 8.15. The quantitative estimate of drug-likeness (QED) is 0.721. The molecule has 0 aromatic heterocycles. The molecule has 0 amide bonds. The number of ether oxygens (including phenoxy) is 2. The molecule has 0 aliphatic rings. The van der Waals surface area contributed by atoms with E-state index in [1.807, 2.05) is 58.0 Å². The van der Waals surface area contributed by atoms with E-state index in [0.717, 1.165) is 39.6 Å². The number of nitrogen functional groups attached to an aromatic ring is 1. The van der Waals surface area contributed by atoms with Crippen LogP contribution in [0.5, 0.6) is 17.2 Å². The largest absolute Gasteiger partial charge is 0.496 e. The Kier molecular flexibility index (Phi) is 6.95. The zero-order valence-corrected chi connectivity index (χ0v) is 15.4. The molecule has 3 heteroatoms. The first-order valence-corrected chi connectivity index (χ1v) is 8.15. The lowest BCUT2D eigenvalue weighted by Gasteiger charge is -2.16. The molecule has 0 unspecified atom stereocenters. The van der Waals surface area contributed by atoms with E-state index in [-0.39, 0.29) is 0 Å². The third-order valence-corrected chi connectivity index (χ3v) is 3.53. The fourth-order valence-electron chi connectivity index (χ4n) is 2.49. The third-order valence-electron chi connectivity index (χ3n) is 3.53. The van der Waals surface area contributed by atoms with E-state index in [1.54, 1.807) is 7.11 Å². The SMILES string of the molecule is CC.COc1ccc(Oc2c(C)cc(N)cc2C)cc1C(C)C. The molecule has 3 nitrogen and oxygen atoms in total. The van der Waals surface area contributed by atoms with Gasteiger partial charge in [0.15, 0.2) is 0 Å². The number of nitrogens with two attached hydrogens (primary N) is 1. The van der Waals surface area contributed by atoms with Crippen LogP contribution in [0.3, 0.4) is 0 Å². The minimum absolute atomic E-state index is 0.372. The molecule has 0 radical (unpaired) electrons. The highest BCUT2D eigenvalue weighted by Crippen LogP contribution is 2.35. The zero-order chi connectivity index (χ0) is 17.6. The van der Waals surface area contributed by atoms with E-state index in [4.69, 9.17) is 15.2 Å². The number of anilines is 1. The van der Waals surface area contributed by atoms with Crippen molar-refractivity contribution in [1.82, 2.24) is 0 Å². The number of hydrogen-bond donors (Lipinski definition) is 1. The topological polar surface area (TPSA) is 44.5 Å². The second-order valence-electron chi connectivity index (χ2n) is 5.64. The number of benzene rings is 2. The summed E-state index contributed by atoms with van der Waals surface area (Å²) in [7, 11) is 1.69. The highest BCUT2D eigenvalue weighted by Gasteiger charge is 2.11. The fourth-order valence-corrected chi connectivity index (χ4v) is 2.49. The van der Waals surface area contributed by atoms with Crippen LogP contribution in [0.1, 0.15) is 50.3 Å². The Labute approximate surface area is 140 Å². The van der Waals surface area contributed by atoms with Gasteiger partial charge in [-0.05, 0) is 61.2 Å². The number of hydrogen-bond acceptors (Lipinski definition) is 3. The van der Waals surface area contributed by atoms with Gasteiger partial charge in [-0.1, -0.05) is 27.7 Å². The van der Waals surface area contributed by atoms with Crippen LogP contribution in [0.15, 0.2) is 30.3 Å². The first-order chi connectivity index (χ1) is 10.9. The van der Waals surface area contributed by atoms with Gasteiger partial charge in [0.05, 0.1) is 7.11 Å². The molecular formula is C20H29NO2. The molecule has 0 heterocycles. The smallest absolute Gasteiger partial charge is 0.133 e. The summed E-state index contributed by atoms with van der Waals surface area (Å²) in [4.78, 5) is 0. The Balaban J connectivity index is 0.00000127. The fraction of sp³-hybridized carbons (Fsp3) is 0.400. The first kappa shape index (κ1) is 18.9. The summed E-state index contributed by atoms with van der Waals surface area (Å²) in [5, 5.41) is 0. The Morgan fingerprint density at radius 2 is 1.52 bits per heavy atom. The Bertz CT molecular complexity index is 625. The number of methoxy groups -OCH3 is 1. The second kappa shape index (κ2) is 8.47. The molecule has 0 fully saturated rings. The van der Waals surface area contributed by atoms with Crippen LogP contribution < -0.4 is 15.2 Å². The van der Waals surface area contributed by atoms with Crippen molar-refractivity contribution in [3.05, 3.63) is 47.0 Å². The van der Waals surface area contributed by atoms with Gasteiger partial charge in [0, 0.05) is 11.3 Å². The minimum atomic E-state index is 0.372. The third kappa shape index (κ3) is 4.65. The molecule has 2 N–H and O–H groups in total. The van der Waals surface area contributed by atoms with Gasteiger partial charge in [-0.15, -0.1) is 0 Å². The van der Waals surface area contributed by atoms with Crippen molar-refractivity contribution in [1.29, 1.82) is 0 Å². The van der Waals surface area contributed by atoms with Crippen LogP contribution in [0.2, 0.25) is 0 Å². The highest BCUT2D eigenvalue weighted by atomic mass is 16.5. The van der Waals surface area contributed by atoms with Crippen molar-refractivity contribution < 1.29 is 9.47 Å². The maximum atomic E-state index is 6.07. The molecule has 0 saturated heterocycles. The summed E-state index contributed by atoms with van der Waals surface area (Å²) in [6.45, 7) is 12.3. The molecule has 0 bridgehead atoms. The van der Waals surface area contributed by atoms with Crippen LogP contribution in [0.4, 0.5) is 5.69 Å². The van der Waals surface area contributed by atoms with E-state index in [0.29, 0.717) is 5.92 Å². The molecule has 126 valence electrons. The monoisotopic (exact) mass is 315 g/mol. The van der Waals surface area contributed by atoms with Crippen molar-refractivity contribution in [3.63, 3.8) is 0 Å². The Morgan fingerprint density at radius 1 is 0.957 bits per heavy atom. The summed E-state index contributed by atoms with van der Waals surface area (Å²) in [5.41, 5.74) is 9.82. The number of rotatable bonds is 4.